The van der Waals surface area contributed by atoms with Gasteiger partial charge in [-0.2, -0.15) is 11.8 Å². The Kier molecular flexibility index (Phi) is 80.5. The molecule has 0 rings (SSSR count). The Morgan fingerprint density at radius 2 is 0.955 bits per heavy atom. The highest BCUT2D eigenvalue weighted by atomic mass is 32.2. The molecule has 0 aromatic heterocycles. The molecule has 0 fully saturated rings. The van der Waals surface area contributed by atoms with E-state index in [1.807, 2.05) is 25.9 Å². The molecule has 11 nitrogen and oxygen atoms in total. The van der Waals surface area contributed by atoms with E-state index in [0.717, 1.165) is 63.7 Å². The summed E-state index contributed by atoms with van der Waals surface area (Å²) in [7, 11) is 34.9. The van der Waals surface area contributed by atoms with Crippen molar-refractivity contribution in [2.75, 3.05) is 210 Å². The Labute approximate surface area is 425 Å². The average Bonchev–Trinajstić information content (AvgIpc) is 3.23. The number of aliphatic hydroxyl groups is 1. The van der Waals surface area contributed by atoms with Gasteiger partial charge in [-0.15, -0.1) is 0 Å². The van der Waals surface area contributed by atoms with Crippen LogP contribution in [-0.4, -0.2) is 243 Å². The maximum absolute atomic E-state index is 7.33. The molecule has 0 aromatic rings. The van der Waals surface area contributed by atoms with E-state index in [0.29, 0.717) is 0 Å². The Hall–Kier alpha value is -0.510. The second-order valence-corrected chi connectivity index (χ2v) is 22.4. The summed E-state index contributed by atoms with van der Waals surface area (Å²) >= 11 is 1.93. The molecule has 0 radical (unpaired) electrons. The van der Waals surface area contributed by atoms with Gasteiger partial charge in [0.1, 0.15) is 0 Å². The third-order valence-electron chi connectivity index (χ3n) is 9.36. The number of unbranched alkanes of at least 4 members (excludes halogenated alkanes) is 7. The Morgan fingerprint density at radius 3 is 1.29 bits per heavy atom. The number of likely N-dealkylation sites (N-methyl/N-ethyl adjacent to an activating group) is 5. The van der Waals surface area contributed by atoms with Gasteiger partial charge in [-0.05, 0) is 112 Å². The zero-order valence-corrected chi connectivity index (χ0v) is 51.3. The zero-order chi connectivity index (χ0) is 53.2. The number of aliphatic hydroxyl groups excluding tert-OH is 1. The molecule has 410 valence electrons. The molecule has 0 aromatic carbocycles. The predicted octanol–water partition coefficient (Wildman–Crippen LogP) is 10.2. The molecule has 66 heavy (non-hydrogen) atoms. The van der Waals surface area contributed by atoms with Crippen molar-refractivity contribution in [2.24, 2.45) is 0 Å². The summed E-state index contributed by atoms with van der Waals surface area (Å²) in [6.07, 6.45) is 21.1. The summed E-state index contributed by atoms with van der Waals surface area (Å²) in [5.74, 6) is 1.33. The van der Waals surface area contributed by atoms with Crippen LogP contribution in [0.5, 0.6) is 0 Å². The smallest absolute Gasteiger partial charge is 0.182 e. The van der Waals surface area contributed by atoms with Crippen molar-refractivity contribution in [1.82, 2.24) is 25.8 Å². The molecule has 12 heteroatoms. The van der Waals surface area contributed by atoms with Gasteiger partial charge in [0.2, 0.25) is 0 Å². The standard InChI is InChI=1S/2C10H25N2.C8H20NO.C7H18N2.C7H18N.C5H13N.C5H12S.C2H4O/c1-6-7-9-12(4,5)10-8-11(2)3;1-6-7-8-11(2)9-10-12(3,4)5;1-5-6-7-10-8-9(2,3)4;1-3-4-5-9-7-6-8-2;1-5-6-7-8(2,3)4;2*1-3-4-5-6-2;1-2-3/h2*6-10H2,1-5H3;5-8H2,1-4H3;8-9H,3-7H2,1-2H3;5-7H2,1-4H3;6H,3-5H2,1-2H3;3-5H2,1-2H3;2-3H,1H2/q3*+1;;+1;;;. The number of hydrogen-bond acceptors (Lipinski definition) is 8. The van der Waals surface area contributed by atoms with Crippen molar-refractivity contribution < 1.29 is 27.8 Å². The summed E-state index contributed by atoms with van der Waals surface area (Å²) in [6.45, 7) is 33.4. The van der Waals surface area contributed by atoms with Crippen LogP contribution in [0.4, 0.5) is 0 Å². The zero-order valence-electron chi connectivity index (χ0n) is 50.5. The van der Waals surface area contributed by atoms with Gasteiger partial charge in [0.25, 0.3) is 0 Å². The highest BCUT2D eigenvalue weighted by Gasteiger charge is 2.13. The SMILES string of the molecule is C=CO.CCCCN(C)CC[N+](C)(C)C.CCCCNC.CCCCNCCNC.CCCCOC[N+](C)(C)C.CCCCSC.CCCC[N+](C)(C)C.CCCC[N+](C)(C)CCN(C)C. The largest absolute Gasteiger partial charge is 0.516 e. The first-order valence-corrected chi connectivity index (χ1v) is 28.0. The maximum Gasteiger partial charge on any atom is 0.182 e. The Balaban J connectivity index is -0.0000000993. The molecule has 0 saturated carbocycles. The van der Waals surface area contributed by atoms with Crippen LogP contribution in [0.15, 0.2) is 12.8 Å². The monoisotopic (exact) mass is 974 g/mol. The molecule has 0 saturated heterocycles. The van der Waals surface area contributed by atoms with Crippen molar-refractivity contribution >= 4 is 11.8 Å². The van der Waals surface area contributed by atoms with Crippen LogP contribution in [0.25, 0.3) is 0 Å². The molecular weight excluding hydrogens is 839 g/mol. The topological polar surface area (TPSA) is 72.0 Å². The maximum atomic E-state index is 7.33. The fraction of sp³-hybridized carbons (Fsp3) is 0.963. The van der Waals surface area contributed by atoms with Gasteiger partial charge in [0.15, 0.2) is 6.73 Å². The predicted molar refractivity (Wildman–Crippen MR) is 309 cm³/mol. The molecule has 0 unspecified atom stereocenters. The molecule has 0 bridgehead atoms. The van der Waals surface area contributed by atoms with Gasteiger partial charge in [-0.25, -0.2) is 0 Å². The Morgan fingerprint density at radius 1 is 0.515 bits per heavy atom. The van der Waals surface area contributed by atoms with Crippen molar-refractivity contribution in [2.45, 2.75) is 138 Å². The van der Waals surface area contributed by atoms with E-state index in [1.165, 1.54) is 141 Å². The summed E-state index contributed by atoms with van der Waals surface area (Å²) < 4.78 is 9.63. The first kappa shape index (κ1) is 82.4. The summed E-state index contributed by atoms with van der Waals surface area (Å²) in [4.78, 5) is 4.68. The molecule has 0 heterocycles. The lowest BCUT2D eigenvalue weighted by Crippen LogP contribution is -2.44. The molecule has 0 amide bonds. The van der Waals surface area contributed by atoms with Crippen LogP contribution < -0.4 is 16.0 Å². The van der Waals surface area contributed by atoms with E-state index in [1.54, 1.807) is 0 Å². The lowest BCUT2D eigenvalue weighted by molar-refractivity contribution is -0.890. The van der Waals surface area contributed by atoms with Crippen molar-refractivity contribution in [1.29, 1.82) is 0 Å². The van der Waals surface area contributed by atoms with Gasteiger partial charge in [0.05, 0.1) is 117 Å². The highest BCUT2D eigenvalue weighted by Crippen LogP contribution is 2.01. The second-order valence-electron chi connectivity index (χ2n) is 21.5. The number of nitrogens with one attached hydrogen (secondary N) is 3. The van der Waals surface area contributed by atoms with Crippen molar-refractivity contribution in [3.8, 4) is 0 Å². The van der Waals surface area contributed by atoms with Gasteiger partial charge < -0.3 is 53.5 Å². The normalized spacial score (nSPS) is 11.0. The van der Waals surface area contributed by atoms with E-state index in [-0.39, 0.29) is 0 Å². The number of thioether (sulfide) groups is 1. The van der Waals surface area contributed by atoms with Crippen LogP contribution in [0.1, 0.15) is 138 Å². The fourth-order valence-electron chi connectivity index (χ4n) is 4.68. The minimum absolute atomic E-state index is 0.750. The van der Waals surface area contributed by atoms with Crippen molar-refractivity contribution in [3.63, 3.8) is 0 Å². The van der Waals surface area contributed by atoms with Gasteiger partial charge in [0, 0.05) is 26.2 Å². The molecule has 0 atom stereocenters. The molecule has 4 N–H and O–H groups in total. The molecular formula is C54H135N9O2S+4. The highest BCUT2D eigenvalue weighted by molar-refractivity contribution is 7.98. The lowest BCUT2D eigenvalue weighted by atomic mass is 10.3. The van der Waals surface area contributed by atoms with Crippen LogP contribution in [-0.2, 0) is 4.74 Å². The van der Waals surface area contributed by atoms with Crippen LogP contribution in [0, 0.1) is 0 Å². The van der Waals surface area contributed by atoms with Crippen LogP contribution in [0.2, 0.25) is 0 Å². The molecule has 0 spiro atoms. The summed E-state index contributed by atoms with van der Waals surface area (Å²) in [5, 5.41) is 16.8. The lowest BCUT2D eigenvalue weighted by Gasteiger charge is -2.30. The third-order valence-corrected chi connectivity index (χ3v) is 10.1. The molecule has 0 aliphatic rings. The first-order chi connectivity index (χ1) is 30.7. The molecule has 0 aliphatic carbocycles. The number of rotatable bonds is 32. The average molecular weight is 975 g/mol. The van der Waals surface area contributed by atoms with E-state index in [2.05, 4.69) is 186 Å². The van der Waals surface area contributed by atoms with Gasteiger partial charge >= 0.3 is 0 Å². The number of hydrogen-bond donors (Lipinski definition) is 4. The van der Waals surface area contributed by atoms with E-state index >= 15 is 0 Å². The third kappa shape index (κ3) is 125. The molecule has 0 aliphatic heterocycles. The van der Waals surface area contributed by atoms with Gasteiger partial charge in [-0.3, -0.25) is 0 Å². The van der Waals surface area contributed by atoms with Crippen LogP contribution in [0.3, 0.4) is 0 Å². The minimum atomic E-state index is 0.750. The van der Waals surface area contributed by atoms with E-state index in [4.69, 9.17) is 9.84 Å². The van der Waals surface area contributed by atoms with E-state index in [9.17, 15) is 0 Å². The number of nitrogens with zero attached hydrogens (tertiary/aromatic N) is 6. The van der Waals surface area contributed by atoms with Gasteiger partial charge in [-0.1, -0.05) is 100.0 Å². The van der Waals surface area contributed by atoms with E-state index < -0.39 is 0 Å². The van der Waals surface area contributed by atoms with Crippen LogP contribution >= 0.6 is 11.8 Å². The summed E-state index contributed by atoms with van der Waals surface area (Å²) in [5.41, 5.74) is 0. The Bertz CT molecular complexity index is 797. The second kappa shape index (κ2) is 64.5. The quantitative estimate of drug-likeness (QED) is 0.0230. The minimum Gasteiger partial charge on any atom is -0.516 e. The van der Waals surface area contributed by atoms with Crippen molar-refractivity contribution in [3.05, 3.63) is 12.8 Å². The number of ether oxygens (including phenoxy) is 1. The summed E-state index contributed by atoms with van der Waals surface area (Å²) in [6, 6.07) is 0. The number of quaternary nitrogens is 4. The first-order valence-electron chi connectivity index (χ1n) is 26.6. The fourth-order valence-corrected chi connectivity index (χ4v) is 5.26.